The SMILES string of the molecule is CCCCNC1CC1C. The summed E-state index contributed by atoms with van der Waals surface area (Å²) in [6.45, 7) is 5.77. The Kier molecular flexibility index (Phi) is 2.52. The average molecular weight is 127 g/mol. The lowest BCUT2D eigenvalue weighted by molar-refractivity contribution is 0.615. The molecule has 0 aromatic rings. The maximum absolute atomic E-state index is 3.51. The van der Waals surface area contributed by atoms with Crippen LogP contribution in [0.5, 0.6) is 0 Å². The fourth-order valence-electron chi connectivity index (χ4n) is 1.07. The molecular formula is C8H17N. The highest BCUT2D eigenvalue weighted by Crippen LogP contribution is 2.28. The van der Waals surface area contributed by atoms with Gasteiger partial charge in [-0.15, -0.1) is 0 Å². The summed E-state index contributed by atoms with van der Waals surface area (Å²) >= 11 is 0. The van der Waals surface area contributed by atoms with Gasteiger partial charge < -0.3 is 5.32 Å². The van der Waals surface area contributed by atoms with Crippen LogP contribution in [0.15, 0.2) is 0 Å². The topological polar surface area (TPSA) is 12.0 Å². The normalized spacial score (nSPS) is 32.7. The Morgan fingerprint density at radius 3 is 2.67 bits per heavy atom. The van der Waals surface area contributed by atoms with Gasteiger partial charge in [0.2, 0.25) is 0 Å². The van der Waals surface area contributed by atoms with E-state index in [-0.39, 0.29) is 0 Å². The Hall–Kier alpha value is -0.0400. The zero-order valence-electron chi connectivity index (χ0n) is 6.48. The number of hydrogen-bond acceptors (Lipinski definition) is 1. The third-order valence-corrected chi connectivity index (χ3v) is 2.05. The van der Waals surface area contributed by atoms with Crippen LogP contribution in [-0.2, 0) is 0 Å². The molecule has 1 fully saturated rings. The van der Waals surface area contributed by atoms with Gasteiger partial charge >= 0.3 is 0 Å². The standard InChI is InChI=1S/C8H17N/c1-3-4-5-9-8-6-7(8)2/h7-9H,3-6H2,1-2H3. The van der Waals surface area contributed by atoms with E-state index in [1.54, 1.807) is 0 Å². The van der Waals surface area contributed by atoms with Crippen LogP contribution in [0.1, 0.15) is 33.1 Å². The number of nitrogens with one attached hydrogen (secondary N) is 1. The largest absolute Gasteiger partial charge is 0.314 e. The van der Waals surface area contributed by atoms with Crippen molar-refractivity contribution in [1.82, 2.24) is 5.32 Å². The number of hydrogen-bond donors (Lipinski definition) is 1. The molecule has 0 bridgehead atoms. The predicted molar refractivity (Wildman–Crippen MR) is 40.5 cm³/mol. The molecule has 0 aromatic heterocycles. The predicted octanol–water partition coefficient (Wildman–Crippen LogP) is 1.78. The first-order chi connectivity index (χ1) is 4.34. The minimum Gasteiger partial charge on any atom is -0.314 e. The molecule has 2 unspecified atom stereocenters. The Morgan fingerprint density at radius 2 is 2.22 bits per heavy atom. The fourth-order valence-corrected chi connectivity index (χ4v) is 1.07. The molecule has 1 N–H and O–H groups in total. The highest BCUT2D eigenvalue weighted by molar-refractivity contribution is 4.89. The van der Waals surface area contributed by atoms with Gasteiger partial charge in [0.15, 0.2) is 0 Å². The van der Waals surface area contributed by atoms with Gasteiger partial charge in [0.25, 0.3) is 0 Å². The van der Waals surface area contributed by atoms with Crippen LogP contribution in [0.4, 0.5) is 0 Å². The van der Waals surface area contributed by atoms with Gasteiger partial charge in [0, 0.05) is 6.04 Å². The van der Waals surface area contributed by atoms with Gasteiger partial charge in [-0.2, -0.15) is 0 Å². The summed E-state index contributed by atoms with van der Waals surface area (Å²) in [4.78, 5) is 0. The van der Waals surface area contributed by atoms with Crippen molar-refractivity contribution in [3.63, 3.8) is 0 Å². The van der Waals surface area contributed by atoms with E-state index in [2.05, 4.69) is 19.2 Å². The molecule has 0 radical (unpaired) electrons. The highest BCUT2D eigenvalue weighted by atomic mass is 15.0. The molecule has 1 rings (SSSR count). The minimum absolute atomic E-state index is 0.872. The van der Waals surface area contributed by atoms with E-state index in [0.717, 1.165) is 12.0 Å². The maximum atomic E-state index is 3.51. The highest BCUT2D eigenvalue weighted by Gasteiger charge is 2.31. The molecule has 1 heteroatoms. The molecule has 1 aliphatic carbocycles. The monoisotopic (exact) mass is 127 g/mol. The molecule has 0 amide bonds. The molecule has 0 heterocycles. The van der Waals surface area contributed by atoms with Gasteiger partial charge in [-0.25, -0.2) is 0 Å². The number of unbranched alkanes of at least 4 members (excludes halogenated alkanes) is 1. The Labute approximate surface area is 57.8 Å². The van der Waals surface area contributed by atoms with Gasteiger partial charge in [-0.05, 0) is 25.3 Å². The fraction of sp³-hybridized carbons (Fsp3) is 1.00. The van der Waals surface area contributed by atoms with Crippen molar-refractivity contribution in [2.24, 2.45) is 5.92 Å². The lowest BCUT2D eigenvalue weighted by Crippen LogP contribution is -2.18. The summed E-state index contributed by atoms with van der Waals surface area (Å²) < 4.78 is 0. The van der Waals surface area contributed by atoms with E-state index < -0.39 is 0 Å². The van der Waals surface area contributed by atoms with Crippen molar-refractivity contribution < 1.29 is 0 Å². The summed E-state index contributed by atoms with van der Waals surface area (Å²) in [6.07, 6.45) is 4.06. The van der Waals surface area contributed by atoms with Crippen molar-refractivity contribution in [1.29, 1.82) is 0 Å². The van der Waals surface area contributed by atoms with Gasteiger partial charge in [0.05, 0.1) is 0 Å². The van der Waals surface area contributed by atoms with E-state index in [1.165, 1.54) is 25.8 Å². The van der Waals surface area contributed by atoms with Crippen LogP contribution in [0.3, 0.4) is 0 Å². The van der Waals surface area contributed by atoms with E-state index in [0.29, 0.717) is 0 Å². The van der Waals surface area contributed by atoms with Gasteiger partial charge in [0.1, 0.15) is 0 Å². The second-order valence-corrected chi connectivity index (χ2v) is 3.13. The molecule has 0 aromatic carbocycles. The van der Waals surface area contributed by atoms with Crippen LogP contribution in [0.25, 0.3) is 0 Å². The molecule has 2 atom stereocenters. The quantitative estimate of drug-likeness (QED) is 0.568. The van der Waals surface area contributed by atoms with Crippen LogP contribution in [0, 0.1) is 5.92 Å². The van der Waals surface area contributed by atoms with Crippen LogP contribution in [-0.4, -0.2) is 12.6 Å². The van der Waals surface area contributed by atoms with E-state index in [4.69, 9.17) is 0 Å². The van der Waals surface area contributed by atoms with E-state index >= 15 is 0 Å². The van der Waals surface area contributed by atoms with Crippen molar-refractivity contribution in [2.75, 3.05) is 6.54 Å². The summed E-state index contributed by atoms with van der Waals surface area (Å²) in [6, 6.07) is 0.872. The lowest BCUT2D eigenvalue weighted by atomic mass is 10.3. The second-order valence-electron chi connectivity index (χ2n) is 3.13. The van der Waals surface area contributed by atoms with Crippen molar-refractivity contribution in [2.45, 2.75) is 39.2 Å². The zero-order chi connectivity index (χ0) is 6.69. The Balaban J connectivity index is 1.83. The molecule has 0 saturated heterocycles. The maximum Gasteiger partial charge on any atom is 0.00963 e. The van der Waals surface area contributed by atoms with Crippen LogP contribution >= 0.6 is 0 Å². The van der Waals surface area contributed by atoms with E-state index in [1.807, 2.05) is 0 Å². The molecule has 0 spiro atoms. The molecule has 9 heavy (non-hydrogen) atoms. The molecule has 0 aliphatic heterocycles. The summed E-state index contributed by atoms with van der Waals surface area (Å²) in [5, 5.41) is 3.51. The van der Waals surface area contributed by atoms with Crippen molar-refractivity contribution in [3.05, 3.63) is 0 Å². The molecule has 1 nitrogen and oxygen atoms in total. The van der Waals surface area contributed by atoms with Crippen molar-refractivity contribution >= 4 is 0 Å². The smallest absolute Gasteiger partial charge is 0.00963 e. The first kappa shape index (κ1) is 7.07. The first-order valence-corrected chi connectivity index (χ1v) is 4.08. The number of rotatable bonds is 4. The summed E-state index contributed by atoms with van der Waals surface area (Å²) in [5.74, 6) is 0.960. The Morgan fingerprint density at radius 1 is 1.56 bits per heavy atom. The summed E-state index contributed by atoms with van der Waals surface area (Å²) in [5.41, 5.74) is 0. The Bertz CT molecular complexity index is 80.6. The molecule has 1 saturated carbocycles. The second kappa shape index (κ2) is 3.21. The average Bonchev–Trinajstić information content (AvgIpc) is 2.48. The first-order valence-electron chi connectivity index (χ1n) is 4.08. The summed E-state index contributed by atoms with van der Waals surface area (Å²) in [7, 11) is 0. The van der Waals surface area contributed by atoms with Crippen LogP contribution < -0.4 is 5.32 Å². The van der Waals surface area contributed by atoms with Crippen LogP contribution in [0.2, 0.25) is 0 Å². The molecule has 54 valence electrons. The molecule has 1 aliphatic rings. The zero-order valence-corrected chi connectivity index (χ0v) is 6.48. The minimum atomic E-state index is 0.872. The third-order valence-electron chi connectivity index (χ3n) is 2.05. The van der Waals surface area contributed by atoms with Gasteiger partial charge in [-0.3, -0.25) is 0 Å². The molecular weight excluding hydrogens is 110 g/mol. The van der Waals surface area contributed by atoms with Crippen molar-refractivity contribution in [3.8, 4) is 0 Å². The van der Waals surface area contributed by atoms with E-state index in [9.17, 15) is 0 Å². The lowest BCUT2D eigenvalue weighted by Gasteiger charge is -1.98. The van der Waals surface area contributed by atoms with Gasteiger partial charge in [-0.1, -0.05) is 20.3 Å². The third kappa shape index (κ3) is 2.35.